The lowest BCUT2D eigenvalue weighted by Crippen LogP contribution is -2.40. The normalized spacial score (nSPS) is 15.9. The van der Waals surface area contributed by atoms with E-state index in [9.17, 15) is 9.59 Å². The van der Waals surface area contributed by atoms with Gasteiger partial charge in [0.25, 0.3) is 0 Å². The lowest BCUT2D eigenvalue weighted by Gasteiger charge is -2.35. The van der Waals surface area contributed by atoms with Crippen molar-refractivity contribution in [2.45, 2.75) is 51.5 Å². The summed E-state index contributed by atoms with van der Waals surface area (Å²) in [6, 6.07) is 12.6. The summed E-state index contributed by atoms with van der Waals surface area (Å²) in [4.78, 5) is 27.7. The maximum absolute atomic E-state index is 12.3. The number of hydrogen-bond donors (Lipinski definition) is 1. The molecule has 5 heteroatoms. The summed E-state index contributed by atoms with van der Waals surface area (Å²) in [5, 5.41) is 5.02. The largest absolute Gasteiger partial charge is 0.354 e. The molecule has 0 radical (unpaired) electrons. The topological polar surface area (TPSA) is 49.4 Å². The molecule has 2 heterocycles. The van der Waals surface area contributed by atoms with Gasteiger partial charge in [0.1, 0.15) is 0 Å². The Labute approximate surface area is 172 Å². The van der Waals surface area contributed by atoms with E-state index in [1.165, 1.54) is 41.7 Å². The third-order valence-corrected chi connectivity index (χ3v) is 6.30. The Morgan fingerprint density at radius 2 is 1.82 bits per heavy atom. The van der Waals surface area contributed by atoms with Gasteiger partial charge in [0.15, 0.2) is 5.78 Å². The van der Waals surface area contributed by atoms with Crippen molar-refractivity contribution in [1.29, 1.82) is 0 Å². The van der Waals surface area contributed by atoms with E-state index in [0.717, 1.165) is 18.0 Å². The molecule has 28 heavy (non-hydrogen) atoms. The summed E-state index contributed by atoms with van der Waals surface area (Å²) in [6.07, 6.45) is 5.17. The van der Waals surface area contributed by atoms with Gasteiger partial charge >= 0.3 is 0 Å². The molecular weight excluding hydrogens is 368 g/mol. The Kier molecular flexibility index (Phi) is 7.80. The first-order valence-corrected chi connectivity index (χ1v) is 11.2. The second kappa shape index (κ2) is 10.5. The van der Waals surface area contributed by atoms with Crippen LogP contribution in [0.5, 0.6) is 0 Å². The van der Waals surface area contributed by atoms with E-state index in [1.807, 2.05) is 17.5 Å². The second-order valence-corrected chi connectivity index (χ2v) is 8.53. The Morgan fingerprint density at radius 1 is 1.07 bits per heavy atom. The van der Waals surface area contributed by atoms with Crippen molar-refractivity contribution in [3.05, 3.63) is 57.8 Å². The minimum atomic E-state index is 0.0353. The third-order valence-electron chi connectivity index (χ3n) is 5.39. The summed E-state index contributed by atoms with van der Waals surface area (Å²) >= 11 is 1.46. The van der Waals surface area contributed by atoms with Crippen molar-refractivity contribution in [2.75, 3.05) is 19.6 Å². The molecule has 1 aromatic heterocycles. The molecule has 0 aliphatic carbocycles. The quantitative estimate of drug-likeness (QED) is 0.620. The number of ketones is 1. The average molecular weight is 399 g/mol. The molecule has 1 N–H and O–H groups in total. The average Bonchev–Trinajstić information content (AvgIpc) is 3.25. The molecule has 0 saturated carbocycles. The first-order valence-electron chi connectivity index (χ1n) is 10.3. The van der Waals surface area contributed by atoms with Crippen LogP contribution in [0.4, 0.5) is 0 Å². The lowest BCUT2D eigenvalue weighted by molar-refractivity contribution is -0.121. The van der Waals surface area contributed by atoms with Gasteiger partial charge < -0.3 is 5.32 Å². The predicted molar refractivity (Wildman–Crippen MR) is 115 cm³/mol. The van der Waals surface area contributed by atoms with Crippen LogP contribution < -0.4 is 5.32 Å². The molecule has 3 rings (SSSR count). The first kappa shape index (κ1) is 20.7. The molecule has 0 bridgehead atoms. The van der Waals surface area contributed by atoms with E-state index in [0.29, 0.717) is 25.8 Å². The van der Waals surface area contributed by atoms with Crippen LogP contribution in [0.2, 0.25) is 0 Å². The van der Waals surface area contributed by atoms with Crippen LogP contribution in [-0.2, 0) is 4.79 Å². The van der Waals surface area contributed by atoms with Crippen molar-refractivity contribution in [3.8, 4) is 0 Å². The van der Waals surface area contributed by atoms with Crippen LogP contribution >= 0.6 is 11.3 Å². The minimum absolute atomic E-state index is 0.0353. The Balaban J connectivity index is 1.50. The van der Waals surface area contributed by atoms with Gasteiger partial charge in [-0.2, -0.15) is 0 Å². The van der Waals surface area contributed by atoms with E-state index >= 15 is 0 Å². The number of carbonyl (C=O) groups excluding carboxylic acids is 2. The molecule has 1 fully saturated rings. The summed E-state index contributed by atoms with van der Waals surface area (Å²) in [5.74, 6) is 0.168. The molecule has 1 amide bonds. The van der Waals surface area contributed by atoms with Crippen LogP contribution in [0.15, 0.2) is 41.8 Å². The maximum Gasteiger partial charge on any atom is 0.220 e. The summed E-state index contributed by atoms with van der Waals surface area (Å²) in [5.41, 5.74) is 2.52. The van der Waals surface area contributed by atoms with Gasteiger partial charge in [0.2, 0.25) is 5.91 Å². The molecule has 2 aromatic rings. The minimum Gasteiger partial charge on any atom is -0.354 e. The van der Waals surface area contributed by atoms with Gasteiger partial charge in [-0.05, 0) is 56.3 Å². The van der Waals surface area contributed by atoms with Gasteiger partial charge in [-0.15, -0.1) is 11.3 Å². The van der Waals surface area contributed by atoms with Crippen LogP contribution in [-0.4, -0.2) is 36.2 Å². The number of hydrogen-bond acceptors (Lipinski definition) is 4. The SMILES string of the molecule is Cc1ccc(C(CNC(=O)CCCC(=O)c2cccs2)N2CCCCC2)cc1. The van der Waals surface area contributed by atoms with Crippen LogP contribution in [0.1, 0.15) is 65.4 Å². The van der Waals surface area contributed by atoms with Gasteiger partial charge in [-0.1, -0.05) is 42.3 Å². The second-order valence-electron chi connectivity index (χ2n) is 7.58. The number of aryl methyl sites for hydroxylation is 1. The smallest absolute Gasteiger partial charge is 0.220 e. The van der Waals surface area contributed by atoms with E-state index in [2.05, 4.69) is 41.4 Å². The van der Waals surface area contributed by atoms with Crippen molar-refractivity contribution in [3.63, 3.8) is 0 Å². The number of nitrogens with one attached hydrogen (secondary N) is 1. The lowest BCUT2D eigenvalue weighted by atomic mass is 10.0. The molecule has 1 aromatic carbocycles. The van der Waals surface area contributed by atoms with Crippen molar-refractivity contribution in [1.82, 2.24) is 10.2 Å². The number of Topliss-reactive ketones (excluding diaryl/α,β-unsaturated/α-hetero) is 1. The molecule has 1 saturated heterocycles. The zero-order valence-corrected chi connectivity index (χ0v) is 17.5. The fraction of sp³-hybridized carbons (Fsp3) is 0.478. The first-order chi connectivity index (χ1) is 13.6. The molecule has 1 atom stereocenters. The van der Waals surface area contributed by atoms with E-state index in [4.69, 9.17) is 0 Å². The molecule has 0 spiro atoms. The Hall–Kier alpha value is -1.98. The highest BCUT2D eigenvalue weighted by Crippen LogP contribution is 2.24. The number of rotatable bonds is 9. The number of thiophene rings is 1. The zero-order chi connectivity index (χ0) is 19.8. The highest BCUT2D eigenvalue weighted by molar-refractivity contribution is 7.12. The highest BCUT2D eigenvalue weighted by atomic mass is 32.1. The van der Waals surface area contributed by atoms with Gasteiger partial charge in [-0.25, -0.2) is 0 Å². The predicted octanol–water partition coefficient (Wildman–Crippen LogP) is 4.75. The fourth-order valence-electron chi connectivity index (χ4n) is 3.75. The molecular formula is C23H30N2O2S. The standard InChI is InChI=1S/C23H30N2O2S/c1-18-10-12-19(13-11-18)20(25-14-3-2-4-15-25)17-24-23(27)9-5-7-21(26)22-8-6-16-28-22/h6,8,10-13,16,20H,2-5,7,9,14-15,17H2,1H3,(H,24,27). The maximum atomic E-state index is 12.3. The highest BCUT2D eigenvalue weighted by Gasteiger charge is 2.22. The summed E-state index contributed by atoms with van der Waals surface area (Å²) < 4.78 is 0. The van der Waals surface area contributed by atoms with Crippen molar-refractivity contribution >= 4 is 23.0 Å². The van der Waals surface area contributed by atoms with Crippen LogP contribution in [0, 0.1) is 6.92 Å². The molecule has 1 aliphatic heterocycles. The fourth-order valence-corrected chi connectivity index (χ4v) is 4.44. The van der Waals surface area contributed by atoms with E-state index in [1.54, 1.807) is 0 Å². The molecule has 1 aliphatic rings. The van der Waals surface area contributed by atoms with Crippen molar-refractivity contribution < 1.29 is 9.59 Å². The van der Waals surface area contributed by atoms with Crippen LogP contribution in [0.3, 0.4) is 0 Å². The van der Waals surface area contributed by atoms with Gasteiger partial charge in [0, 0.05) is 19.4 Å². The Morgan fingerprint density at radius 3 is 2.50 bits per heavy atom. The van der Waals surface area contributed by atoms with E-state index < -0.39 is 0 Å². The number of carbonyl (C=O) groups is 2. The summed E-state index contributed by atoms with van der Waals surface area (Å²) in [6.45, 7) is 4.90. The van der Waals surface area contributed by atoms with E-state index in [-0.39, 0.29) is 17.7 Å². The number of benzene rings is 1. The summed E-state index contributed by atoms with van der Waals surface area (Å²) in [7, 11) is 0. The van der Waals surface area contributed by atoms with Crippen LogP contribution in [0.25, 0.3) is 0 Å². The van der Waals surface area contributed by atoms with Gasteiger partial charge in [0.05, 0.1) is 10.9 Å². The molecule has 1 unspecified atom stereocenters. The number of likely N-dealkylation sites (tertiary alicyclic amines) is 1. The molecule has 150 valence electrons. The molecule has 4 nitrogen and oxygen atoms in total. The van der Waals surface area contributed by atoms with Crippen molar-refractivity contribution in [2.24, 2.45) is 0 Å². The van der Waals surface area contributed by atoms with Gasteiger partial charge in [-0.3, -0.25) is 14.5 Å². The number of nitrogens with zero attached hydrogens (tertiary/aromatic N) is 1. The third kappa shape index (κ3) is 6.01. The number of amides is 1. The number of piperidine rings is 1. The monoisotopic (exact) mass is 398 g/mol. The zero-order valence-electron chi connectivity index (χ0n) is 16.7. The Bertz CT molecular complexity index is 749.